The topological polar surface area (TPSA) is 15.6 Å². The number of thioether (sulfide) groups is 1. The predicted octanol–water partition coefficient (Wildman–Crippen LogP) is 4.41. The van der Waals surface area contributed by atoms with E-state index in [2.05, 4.69) is 27.4 Å². The summed E-state index contributed by atoms with van der Waals surface area (Å²) in [5.41, 5.74) is 2.47. The Bertz CT molecular complexity index is 484. The Morgan fingerprint density at radius 3 is 2.72 bits per heavy atom. The lowest BCUT2D eigenvalue weighted by Crippen LogP contribution is -2.23. The molecule has 5 heteroatoms. The molecule has 0 N–H and O–H groups in total. The van der Waals surface area contributed by atoms with Gasteiger partial charge in [-0.1, -0.05) is 35.5 Å². The maximum atomic E-state index is 5.92. The van der Waals surface area contributed by atoms with Crippen molar-refractivity contribution < 1.29 is 0 Å². The molecule has 0 saturated heterocycles. The van der Waals surface area contributed by atoms with Gasteiger partial charge in [0.25, 0.3) is 0 Å². The lowest BCUT2D eigenvalue weighted by atomic mass is 10.1. The zero-order valence-electron chi connectivity index (χ0n) is 9.80. The fourth-order valence-corrected chi connectivity index (χ4v) is 3.17. The molecule has 0 atom stereocenters. The molecule has 0 fully saturated rings. The van der Waals surface area contributed by atoms with Gasteiger partial charge in [0, 0.05) is 23.5 Å². The van der Waals surface area contributed by atoms with Gasteiger partial charge in [0.15, 0.2) is 5.17 Å². The monoisotopic (exact) mass is 344 g/mol. The van der Waals surface area contributed by atoms with Crippen molar-refractivity contribution in [3.05, 3.63) is 40.3 Å². The van der Waals surface area contributed by atoms with Gasteiger partial charge in [-0.05, 0) is 30.5 Å². The van der Waals surface area contributed by atoms with Crippen molar-refractivity contribution in [3.63, 3.8) is 0 Å². The summed E-state index contributed by atoms with van der Waals surface area (Å²) in [4.78, 5) is 6.93. The van der Waals surface area contributed by atoms with E-state index in [9.17, 15) is 0 Å². The van der Waals surface area contributed by atoms with Crippen molar-refractivity contribution in [3.8, 4) is 0 Å². The molecule has 0 saturated carbocycles. The Morgan fingerprint density at radius 1 is 1.17 bits per heavy atom. The normalized spacial score (nSPS) is 18.4. The molecule has 1 aromatic rings. The first-order valence-corrected chi connectivity index (χ1v) is 7.05. The smallest absolute Gasteiger partial charge is 0.168 e. The van der Waals surface area contributed by atoms with E-state index >= 15 is 0 Å². The number of fused-ring (bicyclic) bond motifs is 1. The molecule has 3 rings (SSSR count). The summed E-state index contributed by atoms with van der Waals surface area (Å²) < 4.78 is 0. The number of hydrogen-bond donors (Lipinski definition) is 0. The van der Waals surface area contributed by atoms with Gasteiger partial charge < -0.3 is 4.90 Å². The minimum atomic E-state index is 0. The standard InChI is InChI=1S/C13H13ClN2S.BrH/c14-11-5-3-10(4-6-11)12-9-17-13-15-7-1-2-8-16(12)13;/h3-6,9H,1-2,7-8H2;1H. The molecule has 0 bridgehead atoms. The minimum absolute atomic E-state index is 0. The van der Waals surface area contributed by atoms with E-state index in [1.54, 1.807) is 11.8 Å². The van der Waals surface area contributed by atoms with Crippen molar-refractivity contribution >= 4 is 51.2 Å². The minimum Gasteiger partial charge on any atom is -0.320 e. The van der Waals surface area contributed by atoms with Crippen LogP contribution in [0.15, 0.2) is 34.7 Å². The lowest BCUT2D eigenvalue weighted by molar-refractivity contribution is 0.571. The molecule has 1 aromatic carbocycles. The molecule has 96 valence electrons. The van der Waals surface area contributed by atoms with Gasteiger partial charge in [-0.2, -0.15) is 0 Å². The molecule has 2 heterocycles. The fourth-order valence-electron chi connectivity index (χ4n) is 2.08. The summed E-state index contributed by atoms with van der Waals surface area (Å²) in [6, 6.07) is 8.02. The van der Waals surface area contributed by atoms with Crippen LogP contribution in [0.25, 0.3) is 5.70 Å². The van der Waals surface area contributed by atoms with Crippen LogP contribution in [-0.2, 0) is 0 Å². The number of rotatable bonds is 1. The highest BCUT2D eigenvalue weighted by atomic mass is 79.9. The number of amidine groups is 1. The van der Waals surface area contributed by atoms with Gasteiger partial charge in [0.05, 0.1) is 5.70 Å². The summed E-state index contributed by atoms with van der Waals surface area (Å²) in [5, 5.41) is 4.12. The van der Waals surface area contributed by atoms with Gasteiger partial charge in [-0.15, -0.1) is 17.0 Å². The van der Waals surface area contributed by atoms with Gasteiger partial charge >= 0.3 is 0 Å². The largest absolute Gasteiger partial charge is 0.320 e. The number of hydrogen-bond acceptors (Lipinski definition) is 3. The highest BCUT2D eigenvalue weighted by Gasteiger charge is 2.24. The van der Waals surface area contributed by atoms with Crippen molar-refractivity contribution in [2.45, 2.75) is 12.8 Å². The molecule has 0 amide bonds. The first-order valence-electron chi connectivity index (χ1n) is 5.79. The highest BCUT2D eigenvalue weighted by Crippen LogP contribution is 2.34. The summed E-state index contributed by atoms with van der Waals surface area (Å²) in [5.74, 6) is 0. The Balaban J connectivity index is 0.00000120. The van der Waals surface area contributed by atoms with Crippen molar-refractivity contribution in [2.24, 2.45) is 4.99 Å². The van der Waals surface area contributed by atoms with Crippen LogP contribution in [0.2, 0.25) is 5.02 Å². The van der Waals surface area contributed by atoms with E-state index in [4.69, 9.17) is 11.6 Å². The lowest BCUT2D eigenvalue weighted by Gasteiger charge is -2.20. The Hall–Kier alpha value is -0.450. The van der Waals surface area contributed by atoms with Crippen molar-refractivity contribution in [1.29, 1.82) is 0 Å². The van der Waals surface area contributed by atoms with Crippen LogP contribution < -0.4 is 0 Å². The second kappa shape index (κ2) is 6.13. The van der Waals surface area contributed by atoms with Crippen LogP contribution in [0, 0.1) is 0 Å². The van der Waals surface area contributed by atoms with Crippen molar-refractivity contribution in [1.82, 2.24) is 4.90 Å². The third-order valence-electron chi connectivity index (χ3n) is 2.97. The third kappa shape index (κ3) is 2.76. The number of nitrogens with zero attached hydrogens (tertiary/aromatic N) is 2. The van der Waals surface area contributed by atoms with Gasteiger partial charge in [0.2, 0.25) is 0 Å². The molecule has 0 spiro atoms. The molecule has 0 radical (unpaired) electrons. The van der Waals surface area contributed by atoms with Gasteiger partial charge in [-0.25, -0.2) is 0 Å². The van der Waals surface area contributed by atoms with Crippen LogP contribution in [0.5, 0.6) is 0 Å². The molecule has 18 heavy (non-hydrogen) atoms. The molecule has 0 aliphatic carbocycles. The van der Waals surface area contributed by atoms with E-state index < -0.39 is 0 Å². The SMILES string of the molecule is Br.Clc1ccc(C2=CSC3=NCCCCN23)cc1. The maximum absolute atomic E-state index is 5.92. The summed E-state index contributed by atoms with van der Waals surface area (Å²) >= 11 is 7.65. The average Bonchev–Trinajstić information content (AvgIpc) is 2.60. The van der Waals surface area contributed by atoms with Crippen LogP contribution >= 0.6 is 40.3 Å². The molecule has 2 aliphatic heterocycles. The molecule has 0 aromatic heterocycles. The van der Waals surface area contributed by atoms with Crippen LogP contribution in [0.4, 0.5) is 0 Å². The molecular formula is C13H14BrClN2S. The molecular weight excluding hydrogens is 332 g/mol. The zero-order valence-corrected chi connectivity index (χ0v) is 13.1. The predicted molar refractivity (Wildman–Crippen MR) is 85.6 cm³/mol. The number of benzene rings is 1. The summed E-state index contributed by atoms with van der Waals surface area (Å²) in [6.45, 7) is 2.03. The molecule has 2 nitrogen and oxygen atoms in total. The van der Waals surface area contributed by atoms with E-state index in [1.807, 2.05) is 12.1 Å². The van der Waals surface area contributed by atoms with Crippen LogP contribution in [0.1, 0.15) is 18.4 Å². The highest BCUT2D eigenvalue weighted by molar-refractivity contribution is 8.93. The quantitative estimate of drug-likeness (QED) is 0.749. The maximum Gasteiger partial charge on any atom is 0.168 e. The number of halogens is 2. The molecule has 2 aliphatic rings. The van der Waals surface area contributed by atoms with Crippen molar-refractivity contribution in [2.75, 3.05) is 13.1 Å². The van der Waals surface area contributed by atoms with Crippen LogP contribution in [0.3, 0.4) is 0 Å². The third-order valence-corrected chi connectivity index (χ3v) is 4.13. The summed E-state index contributed by atoms with van der Waals surface area (Å²) in [7, 11) is 0. The second-order valence-corrected chi connectivity index (χ2v) is 5.42. The fraction of sp³-hybridized carbons (Fsp3) is 0.308. The van der Waals surface area contributed by atoms with Gasteiger partial charge in [0.1, 0.15) is 0 Å². The average molecular weight is 346 g/mol. The first kappa shape index (κ1) is 14.0. The van der Waals surface area contributed by atoms with E-state index in [0.717, 1.165) is 23.3 Å². The Kier molecular flexibility index (Phi) is 4.76. The molecule has 0 unspecified atom stereocenters. The Morgan fingerprint density at radius 2 is 1.94 bits per heavy atom. The Labute approximate surface area is 127 Å². The zero-order chi connectivity index (χ0) is 11.7. The van der Waals surface area contributed by atoms with Gasteiger partial charge in [-0.3, -0.25) is 4.99 Å². The van der Waals surface area contributed by atoms with Crippen LogP contribution in [-0.4, -0.2) is 23.2 Å². The van der Waals surface area contributed by atoms with E-state index in [0.29, 0.717) is 0 Å². The van der Waals surface area contributed by atoms with E-state index in [-0.39, 0.29) is 17.0 Å². The van der Waals surface area contributed by atoms with E-state index in [1.165, 1.54) is 24.1 Å². The first-order chi connectivity index (χ1) is 8.34. The second-order valence-electron chi connectivity index (χ2n) is 4.15. The summed E-state index contributed by atoms with van der Waals surface area (Å²) in [6.07, 6.45) is 2.40. The number of aliphatic imine (C=N–C) groups is 1.